The summed E-state index contributed by atoms with van der Waals surface area (Å²) in [4.78, 5) is 18.6. The van der Waals surface area contributed by atoms with Crippen molar-refractivity contribution in [3.8, 4) is 11.3 Å². The first-order valence-electron chi connectivity index (χ1n) is 9.90. The number of benzene rings is 2. The van der Waals surface area contributed by atoms with Gasteiger partial charge in [-0.1, -0.05) is 23.7 Å². The highest BCUT2D eigenvalue weighted by Gasteiger charge is 2.27. The number of halogens is 3. The van der Waals surface area contributed by atoms with E-state index in [2.05, 4.69) is 10.3 Å². The van der Waals surface area contributed by atoms with Gasteiger partial charge in [0.2, 0.25) is 5.91 Å². The Hall–Kier alpha value is -3.23. The molecule has 0 atom stereocenters. The minimum Gasteiger partial charge on any atom is -0.390 e. The molecule has 0 spiro atoms. The molecule has 2 heterocycles. The van der Waals surface area contributed by atoms with Crippen molar-refractivity contribution in [1.29, 1.82) is 0 Å². The van der Waals surface area contributed by atoms with Crippen LogP contribution in [0.3, 0.4) is 0 Å². The molecule has 2 aromatic carbocycles. The number of aromatic nitrogens is 2. The van der Waals surface area contributed by atoms with Gasteiger partial charge >= 0.3 is 0 Å². The normalized spacial score (nSPS) is 13.2. The predicted molar refractivity (Wildman–Crippen MR) is 119 cm³/mol. The van der Waals surface area contributed by atoms with Crippen molar-refractivity contribution >= 4 is 35.2 Å². The molecular formula is C23H21ClF2N4O2. The fourth-order valence-corrected chi connectivity index (χ4v) is 3.53. The van der Waals surface area contributed by atoms with E-state index in [1.165, 1.54) is 29.2 Å². The van der Waals surface area contributed by atoms with E-state index >= 15 is 0 Å². The Morgan fingerprint density at radius 1 is 1.22 bits per heavy atom. The van der Waals surface area contributed by atoms with E-state index in [0.29, 0.717) is 28.6 Å². The molecule has 2 N–H and O–H groups in total. The molecule has 6 nitrogen and oxygen atoms in total. The average molecular weight is 459 g/mol. The lowest BCUT2D eigenvalue weighted by Gasteiger charge is -2.25. The van der Waals surface area contributed by atoms with Crippen LogP contribution in [0.1, 0.15) is 26.1 Å². The summed E-state index contributed by atoms with van der Waals surface area (Å²) in [7, 11) is 0. The van der Waals surface area contributed by atoms with Crippen LogP contribution in [0.2, 0.25) is 5.02 Å². The third-order valence-corrected chi connectivity index (χ3v) is 5.18. The van der Waals surface area contributed by atoms with E-state index in [9.17, 15) is 18.7 Å². The largest absolute Gasteiger partial charge is 0.390 e. The van der Waals surface area contributed by atoms with Crippen molar-refractivity contribution < 1.29 is 18.7 Å². The molecule has 0 aliphatic carbocycles. The molecule has 1 aromatic heterocycles. The minimum atomic E-state index is -1.14. The standard InChI is InChI=1S/C23H21ClF2N4O2/c1-23(2,32)12-20(31)29-8-9-30-19(13-29)28-21(14-4-3-5-15(25)10-14)22(30)27-16-6-7-17(24)18(26)11-16/h3-11,27,32H,12-13H2,1-2H3. The van der Waals surface area contributed by atoms with E-state index in [-0.39, 0.29) is 23.9 Å². The number of hydrogen-bond donors (Lipinski definition) is 2. The van der Waals surface area contributed by atoms with E-state index < -0.39 is 17.2 Å². The van der Waals surface area contributed by atoms with Crippen LogP contribution in [0, 0.1) is 11.6 Å². The van der Waals surface area contributed by atoms with Crippen LogP contribution in [0.4, 0.5) is 20.3 Å². The number of hydrogen-bond acceptors (Lipinski definition) is 4. The third kappa shape index (κ3) is 4.66. The van der Waals surface area contributed by atoms with Crippen molar-refractivity contribution in [2.45, 2.75) is 32.4 Å². The highest BCUT2D eigenvalue weighted by atomic mass is 35.5. The minimum absolute atomic E-state index is 0.00271. The number of anilines is 2. The zero-order valence-corrected chi connectivity index (χ0v) is 18.2. The van der Waals surface area contributed by atoms with E-state index in [0.717, 1.165) is 0 Å². The lowest BCUT2D eigenvalue weighted by atomic mass is 10.0. The van der Waals surface area contributed by atoms with Gasteiger partial charge in [0.15, 0.2) is 0 Å². The first-order chi connectivity index (χ1) is 15.1. The second-order valence-corrected chi connectivity index (χ2v) is 8.58. The second kappa shape index (κ2) is 8.37. The number of fused-ring (bicyclic) bond motifs is 1. The smallest absolute Gasteiger partial charge is 0.229 e. The maximum Gasteiger partial charge on any atom is 0.229 e. The zero-order chi connectivity index (χ0) is 23.0. The number of amides is 1. The summed E-state index contributed by atoms with van der Waals surface area (Å²) in [5.74, 6) is -0.258. The molecule has 1 aliphatic heterocycles. The predicted octanol–water partition coefficient (Wildman–Crippen LogP) is 5.16. The molecule has 1 amide bonds. The van der Waals surface area contributed by atoms with Crippen LogP contribution in [0.5, 0.6) is 0 Å². The van der Waals surface area contributed by atoms with Crippen LogP contribution in [-0.2, 0) is 11.3 Å². The van der Waals surface area contributed by atoms with Crippen molar-refractivity contribution in [2.75, 3.05) is 5.32 Å². The lowest BCUT2D eigenvalue weighted by Crippen LogP contribution is -2.34. The van der Waals surface area contributed by atoms with Crippen LogP contribution in [0.25, 0.3) is 17.5 Å². The van der Waals surface area contributed by atoms with Gasteiger partial charge < -0.3 is 15.3 Å². The fraction of sp³-hybridized carbons (Fsp3) is 0.217. The second-order valence-electron chi connectivity index (χ2n) is 8.17. The Morgan fingerprint density at radius 3 is 2.69 bits per heavy atom. The van der Waals surface area contributed by atoms with Gasteiger partial charge in [-0.25, -0.2) is 13.8 Å². The first-order valence-corrected chi connectivity index (χ1v) is 10.3. The van der Waals surface area contributed by atoms with E-state index in [4.69, 9.17) is 11.6 Å². The molecule has 3 aromatic rings. The molecule has 0 unspecified atom stereocenters. The molecule has 0 fully saturated rings. The molecule has 9 heteroatoms. The van der Waals surface area contributed by atoms with E-state index in [1.807, 2.05) is 0 Å². The molecule has 0 bridgehead atoms. The van der Waals surface area contributed by atoms with Crippen molar-refractivity contribution in [3.63, 3.8) is 0 Å². The summed E-state index contributed by atoms with van der Waals surface area (Å²) in [6.45, 7) is 3.29. The van der Waals surface area contributed by atoms with Crippen LogP contribution in [-0.4, -0.2) is 31.1 Å². The van der Waals surface area contributed by atoms with Gasteiger partial charge in [0.25, 0.3) is 0 Å². The van der Waals surface area contributed by atoms with Crippen LogP contribution in [0.15, 0.2) is 48.7 Å². The summed E-state index contributed by atoms with van der Waals surface area (Å²) >= 11 is 5.79. The topological polar surface area (TPSA) is 70.4 Å². The summed E-state index contributed by atoms with van der Waals surface area (Å²) in [6.07, 6.45) is 3.18. The van der Waals surface area contributed by atoms with Gasteiger partial charge in [0, 0.05) is 23.7 Å². The van der Waals surface area contributed by atoms with Gasteiger partial charge in [-0.15, -0.1) is 0 Å². The maximum absolute atomic E-state index is 14.0. The average Bonchev–Trinajstić information content (AvgIpc) is 3.07. The number of nitrogens with one attached hydrogen (secondary N) is 1. The Balaban J connectivity index is 1.74. The Bertz CT molecular complexity index is 1220. The summed E-state index contributed by atoms with van der Waals surface area (Å²) in [5.41, 5.74) is 0.250. The molecule has 32 heavy (non-hydrogen) atoms. The summed E-state index contributed by atoms with van der Waals surface area (Å²) < 4.78 is 29.6. The fourth-order valence-electron chi connectivity index (χ4n) is 3.41. The monoisotopic (exact) mass is 458 g/mol. The number of carbonyl (C=O) groups excluding carboxylic acids is 1. The molecular weight excluding hydrogens is 438 g/mol. The van der Waals surface area contributed by atoms with E-state index in [1.54, 1.807) is 49.0 Å². The van der Waals surface area contributed by atoms with Gasteiger partial charge in [-0.3, -0.25) is 9.36 Å². The maximum atomic E-state index is 14.0. The summed E-state index contributed by atoms with van der Waals surface area (Å²) in [5, 5.41) is 13.1. The molecule has 1 aliphatic rings. The number of imidazole rings is 1. The van der Waals surface area contributed by atoms with Gasteiger partial charge in [0.1, 0.15) is 29.0 Å². The number of carbonyl (C=O) groups is 1. The van der Waals surface area contributed by atoms with Gasteiger partial charge in [-0.2, -0.15) is 0 Å². The highest BCUT2D eigenvalue weighted by Crippen LogP contribution is 2.34. The van der Waals surface area contributed by atoms with Gasteiger partial charge in [0.05, 0.1) is 23.6 Å². The molecule has 0 radical (unpaired) electrons. The highest BCUT2D eigenvalue weighted by molar-refractivity contribution is 6.30. The van der Waals surface area contributed by atoms with Crippen LogP contribution < -0.4 is 5.32 Å². The number of rotatable bonds is 5. The third-order valence-electron chi connectivity index (χ3n) is 4.88. The Morgan fingerprint density at radius 2 is 2.00 bits per heavy atom. The lowest BCUT2D eigenvalue weighted by molar-refractivity contribution is -0.133. The van der Waals surface area contributed by atoms with Gasteiger partial charge in [-0.05, 0) is 44.2 Å². The zero-order valence-electron chi connectivity index (χ0n) is 17.4. The Labute approximate surface area is 188 Å². The Kier molecular flexibility index (Phi) is 5.75. The number of nitrogens with zero attached hydrogens (tertiary/aromatic N) is 3. The molecule has 0 saturated carbocycles. The van der Waals surface area contributed by atoms with Crippen molar-refractivity contribution in [1.82, 2.24) is 14.5 Å². The van der Waals surface area contributed by atoms with Crippen molar-refractivity contribution in [2.24, 2.45) is 0 Å². The van der Waals surface area contributed by atoms with Crippen LogP contribution >= 0.6 is 11.6 Å². The van der Waals surface area contributed by atoms with Crippen molar-refractivity contribution in [3.05, 3.63) is 71.1 Å². The molecule has 4 rings (SSSR count). The SMILES string of the molecule is CC(C)(O)CC(=O)N1C=Cn2c(nc(-c3cccc(F)c3)c2Nc2ccc(Cl)c(F)c2)C1. The summed E-state index contributed by atoms with van der Waals surface area (Å²) in [6, 6.07) is 10.3. The quantitative estimate of drug-likeness (QED) is 0.554. The molecule has 0 saturated heterocycles. The number of aliphatic hydroxyl groups is 1. The first kappa shape index (κ1) is 22.0. The molecule has 166 valence electrons.